The Morgan fingerprint density at radius 2 is 1.32 bits per heavy atom. The highest BCUT2D eigenvalue weighted by atomic mass is 33.1. The number of primary amides is 3. The molecule has 2 saturated heterocycles. The number of aromatic hydroxyl groups is 1. The second kappa shape index (κ2) is 27.0. The zero-order valence-electron chi connectivity index (χ0n) is 38.4. The molecule has 2 heterocycles. The fourth-order valence-electron chi connectivity index (χ4n) is 7.20. The van der Waals surface area contributed by atoms with Crippen molar-refractivity contribution in [1.82, 2.24) is 42.1 Å². The van der Waals surface area contributed by atoms with Crippen LogP contribution >= 0.6 is 21.6 Å². The third-order valence-electron chi connectivity index (χ3n) is 11.0. The van der Waals surface area contributed by atoms with Gasteiger partial charge in [-0.05, 0) is 48.8 Å². The smallest absolute Gasteiger partial charge is 0.246 e. The minimum absolute atomic E-state index is 0.0430. The van der Waals surface area contributed by atoms with Gasteiger partial charge < -0.3 is 70.2 Å². The molecule has 0 aliphatic carbocycles. The minimum atomic E-state index is -1.79. The van der Waals surface area contributed by atoms with Crippen LogP contribution in [0, 0.1) is 11.8 Å². The summed E-state index contributed by atoms with van der Waals surface area (Å²) in [5, 5.41) is 27.4. The number of nitrogens with zero attached hydrogens (tertiary/aromatic N) is 1. The first-order valence-electron chi connectivity index (χ1n) is 22.0. The number of carbonyl (C=O) groups excluding carboxylic acids is 11. The molecule has 0 saturated carbocycles. The molecule has 3 unspecified atom stereocenters. The van der Waals surface area contributed by atoms with Crippen molar-refractivity contribution in [2.75, 3.05) is 24.6 Å². The van der Waals surface area contributed by atoms with Crippen molar-refractivity contribution in [3.8, 4) is 5.75 Å². The predicted molar refractivity (Wildman–Crippen MR) is 250 cm³/mol. The topological polar surface area (TPSA) is 400 Å². The molecule has 0 bridgehead atoms. The van der Waals surface area contributed by atoms with Crippen LogP contribution in [-0.2, 0) is 59.2 Å². The van der Waals surface area contributed by atoms with Crippen LogP contribution in [0.4, 0.5) is 0 Å². The SMILES string of the molecule is CC[C@H](C)C1NC(=O)[C@H](Cc2ccc(O)cc2)NC(=O)[C@@H](N)CSSCC(C(=O)N2CCCC2C(=O)N[C@@H](CC(C)C)C(=O)NCC(N)=O)NC(=O)[C@H](CC(N)=O)NC(=O)[C@H](CC(N)=O)NC1=O. The zero-order valence-corrected chi connectivity index (χ0v) is 40.0. The maximum Gasteiger partial charge on any atom is 0.246 e. The number of phenolic OH excluding ortho intramolecular Hbond substituents is 1. The van der Waals surface area contributed by atoms with Gasteiger partial charge in [0.15, 0.2) is 0 Å². The summed E-state index contributed by atoms with van der Waals surface area (Å²) in [4.78, 5) is 148. The molecule has 2 fully saturated rings. The fraction of sp³-hybridized carbons (Fsp3) is 0.595. The number of hydrogen-bond donors (Lipinski definition) is 12. The Morgan fingerprint density at radius 1 is 0.765 bits per heavy atom. The highest BCUT2D eigenvalue weighted by Gasteiger charge is 2.41. The van der Waals surface area contributed by atoms with E-state index in [1.165, 1.54) is 29.2 Å². The lowest BCUT2D eigenvalue weighted by atomic mass is 9.96. The Kier molecular flexibility index (Phi) is 22.3. The Balaban J connectivity index is 2.04. The van der Waals surface area contributed by atoms with E-state index in [2.05, 4.69) is 37.2 Å². The van der Waals surface area contributed by atoms with Crippen molar-refractivity contribution in [3.63, 3.8) is 0 Å². The second-order valence-corrected chi connectivity index (χ2v) is 19.6. The number of phenols is 1. The number of carbonyl (C=O) groups is 11. The molecule has 0 aromatic heterocycles. The summed E-state index contributed by atoms with van der Waals surface area (Å²) in [5.74, 6) is -10.9. The lowest BCUT2D eigenvalue weighted by Gasteiger charge is -2.31. The van der Waals surface area contributed by atoms with Gasteiger partial charge in [-0.15, -0.1) is 0 Å². The van der Waals surface area contributed by atoms with Crippen LogP contribution in [0.1, 0.15) is 71.8 Å². The molecule has 0 spiro atoms. The number of likely N-dealkylation sites (tertiary alicyclic amines) is 1. The summed E-state index contributed by atoms with van der Waals surface area (Å²) in [5.41, 5.74) is 22.9. The molecule has 3 rings (SSSR count). The molecular formula is C42H64N12O12S2. The van der Waals surface area contributed by atoms with E-state index < -0.39 is 139 Å². The molecular weight excluding hydrogens is 929 g/mol. The Labute approximate surface area is 401 Å². The van der Waals surface area contributed by atoms with E-state index in [1.807, 2.05) is 13.8 Å². The molecule has 1 aromatic rings. The van der Waals surface area contributed by atoms with Gasteiger partial charge in [-0.3, -0.25) is 52.7 Å². The van der Waals surface area contributed by atoms with E-state index in [1.54, 1.807) is 13.8 Å². The first-order chi connectivity index (χ1) is 32.0. The van der Waals surface area contributed by atoms with Crippen LogP contribution < -0.4 is 60.2 Å². The van der Waals surface area contributed by atoms with E-state index in [0.29, 0.717) is 18.4 Å². The van der Waals surface area contributed by atoms with E-state index in [0.717, 1.165) is 21.6 Å². The molecule has 68 heavy (non-hydrogen) atoms. The molecule has 2 aliphatic rings. The Hall–Kier alpha value is -6.15. The average Bonchev–Trinajstić information content (AvgIpc) is 3.77. The third-order valence-corrected chi connectivity index (χ3v) is 13.5. The van der Waals surface area contributed by atoms with Gasteiger partial charge in [0.05, 0.1) is 25.4 Å². The highest BCUT2D eigenvalue weighted by molar-refractivity contribution is 8.76. The summed E-state index contributed by atoms with van der Waals surface area (Å²) < 4.78 is 0. The van der Waals surface area contributed by atoms with Gasteiger partial charge in [-0.1, -0.05) is 67.8 Å². The molecule has 2 aliphatic heterocycles. The Bertz CT molecular complexity index is 2030. The van der Waals surface area contributed by atoms with Crippen LogP contribution in [0.25, 0.3) is 0 Å². The number of benzene rings is 1. The largest absolute Gasteiger partial charge is 0.508 e. The number of rotatable bonds is 16. The highest BCUT2D eigenvalue weighted by Crippen LogP contribution is 2.26. The fourth-order valence-corrected chi connectivity index (χ4v) is 9.48. The minimum Gasteiger partial charge on any atom is -0.508 e. The summed E-state index contributed by atoms with van der Waals surface area (Å²) in [7, 11) is 2.03. The molecule has 26 heteroatoms. The zero-order chi connectivity index (χ0) is 50.8. The maximum absolute atomic E-state index is 14.5. The number of amides is 11. The normalized spacial score (nSPS) is 24.5. The van der Waals surface area contributed by atoms with Crippen molar-refractivity contribution in [3.05, 3.63) is 29.8 Å². The standard InChI is InChI=1S/C42H64N12O12S2/c1-5-21(4)34-41(65)51-28(16-32(45)57)37(61)49-27(15-31(44)56)38(62)52-29(19-68-67-18-24(43)35(59)48-26(39(63)53-34)14-22-8-10-23(55)11-9-22)42(66)54-12-6-7-30(54)40(64)50-25(13-20(2)3)36(60)47-17-33(46)58/h8-11,20-21,24-30,34,55H,5-7,12-19,43H2,1-4H3,(H2,44,56)(H2,45,57)(H2,46,58)(H,47,60)(H,48,59)(H,49,61)(H,50,64)(H,51,65)(H,52,62)(H,53,63)/t21-,24-,25-,26-,27-,28-,29?,30?,34?/m0/s1. The van der Waals surface area contributed by atoms with Crippen molar-refractivity contribution >= 4 is 86.6 Å². The number of nitrogens with two attached hydrogens (primary N) is 4. The number of hydrogen-bond acceptors (Lipinski definition) is 15. The molecule has 9 atom stereocenters. The van der Waals surface area contributed by atoms with Gasteiger partial charge in [0.2, 0.25) is 65.0 Å². The second-order valence-electron chi connectivity index (χ2n) is 17.1. The van der Waals surface area contributed by atoms with Gasteiger partial charge in [-0.2, -0.15) is 0 Å². The number of nitrogens with one attached hydrogen (secondary N) is 7. The quantitative estimate of drug-likeness (QED) is 0.0703. The third kappa shape index (κ3) is 17.8. The monoisotopic (exact) mass is 992 g/mol. The van der Waals surface area contributed by atoms with Gasteiger partial charge in [0, 0.05) is 24.5 Å². The van der Waals surface area contributed by atoms with Crippen molar-refractivity contribution in [2.24, 2.45) is 34.8 Å². The van der Waals surface area contributed by atoms with Crippen molar-refractivity contribution < 1.29 is 57.8 Å². The predicted octanol–water partition coefficient (Wildman–Crippen LogP) is -4.00. The van der Waals surface area contributed by atoms with E-state index in [4.69, 9.17) is 22.9 Å². The van der Waals surface area contributed by atoms with Gasteiger partial charge in [0.1, 0.15) is 48.0 Å². The average molecular weight is 993 g/mol. The first-order valence-corrected chi connectivity index (χ1v) is 24.5. The Morgan fingerprint density at radius 3 is 1.90 bits per heavy atom. The van der Waals surface area contributed by atoms with Gasteiger partial charge in [-0.25, -0.2) is 0 Å². The molecule has 16 N–H and O–H groups in total. The molecule has 24 nitrogen and oxygen atoms in total. The summed E-state index contributed by atoms with van der Waals surface area (Å²) in [6.45, 7) is 6.55. The summed E-state index contributed by atoms with van der Waals surface area (Å²) >= 11 is 0. The van der Waals surface area contributed by atoms with Crippen molar-refractivity contribution in [2.45, 2.75) is 121 Å². The molecule has 1 aromatic carbocycles. The van der Waals surface area contributed by atoms with Gasteiger partial charge >= 0.3 is 0 Å². The molecule has 376 valence electrons. The van der Waals surface area contributed by atoms with Crippen LogP contribution in [0.2, 0.25) is 0 Å². The van der Waals surface area contributed by atoms with E-state index in [9.17, 15) is 57.8 Å². The first kappa shape index (κ1) is 56.2. The summed E-state index contributed by atoms with van der Waals surface area (Å²) in [6, 6.07) is -5.38. The summed E-state index contributed by atoms with van der Waals surface area (Å²) in [6.07, 6.45) is -0.745. The van der Waals surface area contributed by atoms with E-state index >= 15 is 0 Å². The van der Waals surface area contributed by atoms with Crippen LogP contribution in [0.3, 0.4) is 0 Å². The van der Waals surface area contributed by atoms with Crippen molar-refractivity contribution in [1.29, 1.82) is 0 Å². The molecule has 11 amide bonds. The maximum atomic E-state index is 14.5. The van der Waals surface area contributed by atoms with Crippen LogP contribution in [-0.4, -0.2) is 148 Å². The van der Waals surface area contributed by atoms with Gasteiger partial charge in [0.25, 0.3) is 0 Å². The van der Waals surface area contributed by atoms with Crippen LogP contribution in [0.5, 0.6) is 5.75 Å². The lowest BCUT2D eigenvalue weighted by molar-refractivity contribution is -0.142. The van der Waals surface area contributed by atoms with E-state index in [-0.39, 0.29) is 49.0 Å². The van der Waals surface area contributed by atoms with Crippen LogP contribution in [0.15, 0.2) is 24.3 Å². The lowest BCUT2D eigenvalue weighted by Crippen LogP contribution is -2.62. The molecule has 0 radical (unpaired) electrons.